The molecule has 6 heteroatoms. The molecule has 0 aliphatic carbocycles. The third kappa shape index (κ3) is 5.21. The van der Waals surface area contributed by atoms with Gasteiger partial charge >= 0.3 is 5.97 Å². The average molecular weight is 296 g/mol. The Kier molecular flexibility index (Phi) is 6.91. The van der Waals surface area contributed by atoms with Crippen molar-refractivity contribution in [2.45, 2.75) is 39.2 Å². The van der Waals surface area contributed by atoms with Gasteiger partial charge in [0.2, 0.25) is 11.8 Å². The Morgan fingerprint density at radius 3 is 2.67 bits per heavy atom. The number of likely N-dealkylation sites (tertiary alicyclic amines) is 1. The van der Waals surface area contributed by atoms with E-state index >= 15 is 0 Å². The van der Waals surface area contributed by atoms with E-state index in [1.807, 2.05) is 13.8 Å². The smallest absolute Gasteiger partial charge is 0.330 e. The highest BCUT2D eigenvalue weighted by molar-refractivity contribution is 5.88. The number of carbonyl (C=O) groups excluding carboxylic acids is 3. The Hall–Kier alpha value is -1.85. The molecule has 0 radical (unpaired) electrons. The maximum absolute atomic E-state index is 12.2. The SMILES string of the molecule is COC(=O)/C=C/CCNC(=O)C(C(C)C)N1CCCC1=O. The van der Waals surface area contributed by atoms with Gasteiger partial charge in [0.1, 0.15) is 6.04 Å². The van der Waals surface area contributed by atoms with Crippen LogP contribution in [0.5, 0.6) is 0 Å². The number of nitrogens with one attached hydrogen (secondary N) is 1. The van der Waals surface area contributed by atoms with E-state index in [-0.39, 0.29) is 17.7 Å². The van der Waals surface area contributed by atoms with E-state index in [4.69, 9.17) is 0 Å². The minimum Gasteiger partial charge on any atom is -0.466 e. The maximum Gasteiger partial charge on any atom is 0.330 e. The van der Waals surface area contributed by atoms with Gasteiger partial charge in [0, 0.05) is 25.6 Å². The predicted molar refractivity (Wildman–Crippen MR) is 78.4 cm³/mol. The zero-order valence-electron chi connectivity index (χ0n) is 12.9. The zero-order valence-corrected chi connectivity index (χ0v) is 12.9. The summed E-state index contributed by atoms with van der Waals surface area (Å²) in [4.78, 5) is 36.6. The zero-order chi connectivity index (χ0) is 15.8. The molecule has 1 N–H and O–H groups in total. The number of carbonyl (C=O) groups is 3. The molecule has 0 aromatic carbocycles. The van der Waals surface area contributed by atoms with Gasteiger partial charge in [-0.2, -0.15) is 0 Å². The first-order valence-corrected chi connectivity index (χ1v) is 7.29. The fourth-order valence-corrected chi connectivity index (χ4v) is 2.40. The van der Waals surface area contributed by atoms with Crippen LogP contribution in [0, 0.1) is 5.92 Å². The summed E-state index contributed by atoms with van der Waals surface area (Å²) < 4.78 is 4.47. The van der Waals surface area contributed by atoms with Gasteiger partial charge in [-0.1, -0.05) is 19.9 Å². The summed E-state index contributed by atoms with van der Waals surface area (Å²) in [6, 6.07) is -0.412. The molecule has 1 rings (SSSR count). The average Bonchev–Trinajstić information content (AvgIpc) is 2.84. The molecular formula is C15H24N2O4. The van der Waals surface area contributed by atoms with Crippen LogP contribution in [0.4, 0.5) is 0 Å². The van der Waals surface area contributed by atoms with Crippen LogP contribution < -0.4 is 5.32 Å². The number of nitrogens with zero attached hydrogens (tertiary/aromatic N) is 1. The van der Waals surface area contributed by atoms with Crippen LogP contribution in [0.1, 0.15) is 33.1 Å². The molecule has 1 fully saturated rings. The number of ether oxygens (including phenoxy) is 1. The van der Waals surface area contributed by atoms with Gasteiger partial charge in [-0.15, -0.1) is 0 Å². The van der Waals surface area contributed by atoms with E-state index in [1.54, 1.807) is 11.0 Å². The highest BCUT2D eigenvalue weighted by Gasteiger charge is 2.34. The lowest BCUT2D eigenvalue weighted by Gasteiger charge is -2.29. The number of hydrogen-bond acceptors (Lipinski definition) is 4. The summed E-state index contributed by atoms with van der Waals surface area (Å²) >= 11 is 0. The van der Waals surface area contributed by atoms with Crippen LogP contribution in [0.25, 0.3) is 0 Å². The minimum atomic E-state index is -0.413. The predicted octanol–water partition coefficient (Wildman–Crippen LogP) is 0.869. The third-order valence-corrected chi connectivity index (χ3v) is 3.41. The van der Waals surface area contributed by atoms with E-state index in [9.17, 15) is 14.4 Å². The maximum atomic E-state index is 12.2. The van der Waals surface area contributed by atoms with Gasteiger partial charge < -0.3 is 15.0 Å². The molecule has 118 valence electrons. The molecule has 1 aliphatic rings. The van der Waals surface area contributed by atoms with Crippen molar-refractivity contribution >= 4 is 17.8 Å². The summed E-state index contributed by atoms with van der Waals surface area (Å²) in [5, 5.41) is 2.82. The van der Waals surface area contributed by atoms with E-state index in [0.717, 1.165) is 6.42 Å². The summed E-state index contributed by atoms with van der Waals surface area (Å²) in [6.45, 7) is 4.95. The van der Waals surface area contributed by atoms with E-state index in [0.29, 0.717) is 25.9 Å². The molecule has 1 atom stereocenters. The Labute approximate surface area is 125 Å². The quantitative estimate of drug-likeness (QED) is 0.430. The van der Waals surface area contributed by atoms with Crippen molar-refractivity contribution in [2.75, 3.05) is 20.2 Å². The number of rotatable bonds is 7. The third-order valence-electron chi connectivity index (χ3n) is 3.41. The summed E-state index contributed by atoms with van der Waals surface area (Å²) in [5.41, 5.74) is 0. The van der Waals surface area contributed by atoms with Gasteiger partial charge in [-0.05, 0) is 18.8 Å². The fourth-order valence-electron chi connectivity index (χ4n) is 2.40. The number of methoxy groups -OCH3 is 1. The van der Waals surface area contributed by atoms with Crippen molar-refractivity contribution in [1.29, 1.82) is 0 Å². The number of hydrogen-bond donors (Lipinski definition) is 1. The lowest BCUT2D eigenvalue weighted by molar-refractivity contribution is -0.139. The van der Waals surface area contributed by atoms with Gasteiger partial charge in [-0.3, -0.25) is 9.59 Å². The van der Waals surface area contributed by atoms with Gasteiger partial charge in [0.25, 0.3) is 0 Å². The minimum absolute atomic E-state index is 0.0504. The molecule has 1 heterocycles. The molecule has 1 aliphatic heterocycles. The van der Waals surface area contributed by atoms with Gasteiger partial charge in [0.05, 0.1) is 7.11 Å². The van der Waals surface area contributed by atoms with E-state index < -0.39 is 12.0 Å². The standard InChI is InChI=1S/C15H24N2O4/c1-11(2)14(17-10-6-7-12(17)18)15(20)16-9-5-4-8-13(19)21-3/h4,8,11,14H,5-7,9-10H2,1-3H3,(H,16,20)/b8-4+. The van der Waals surface area contributed by atoms with Crippen LogP contribution in [0.3, 0.4) is 0 Å². The number of amides is 2. The molecule has 0 aromatic heterocycles. The highest BCUT2D eigenvalue weighted by Crippen LogP contribution is 2.19. The van der Waals surface area contributed by atoms with Crippen molar-refractivity contribution in [3.8, 4) is 0 Å². The topological polar surface area (TPSA) is 75.7 Å². The van der Waals surface area contributed by atoms with Crippen LogP contribution in [-0.4, -0.2) is 48.9 Å². The monoisotopic (exact) mass is 296 g/mol. The summed E-state index contributed by atoms with van der Waals surface area (Å²) in [7, 11) is 1.31. The van der Waals surface area contributed by atoms with Crippen LogP contribution in [-0.2, 0) is 19.1 Å². The molecule has 2 amide bonds. The normalized spacial score (nSPS) is 16.6. The Balaban J connectivity index is 2.45. The largest absolute Gasteiger partial charge is 0.466 e. The van der Waals surface area contributed by atoms with E-state index in [1.165, 1.54) is 13.2 Å². The van der Waals surface area contributed by atoms with Crippen molar-refractivity contribution in [2.24, 2.45) is 5.92 Å². The van der Waals surface area contributed by atoms with Crippen LogP contribution in [0.2, 0.25) is 0 Å². The van der Waals surface area contributed by atoms with Crippen molar-refractivity contribution in [3.05, 3.63) is 12.2 Å². The first-order valence-electron chi connectivity index (χ1n) is 7.29. The second kappa shape index (κ2) is 8.44. The molecule has 0 aromatic rings. The van der Waals surface area contributed by atoms with Crippen molar-refractivity contribution in [1.82, 2.24) is 10.2 Å². The Morgan fingerprint density at radius 1 is 1.43 bits per heavy atom. The van der Waals surface area contributed by atoms with Crippen LogP contribution >= 0.6 is 0 Å². The summed E-state index contributed by atoms with van der Waals surface area (Å²) in [6.07, 6.45) is 4.86. The summed E-state index contributed by atoms with van der Waals surface area (Å²) in [5.74, 6) is -0.428. The molecule has 0 saturated carbocycles. The molecule has 0 spiro atoms. The molecular weight excluding hydrogens is 272 g/mol. The Morgan fingerprint density at radius 2 is 2.14 bits per heavy atom. The van der Waals surface area contributed by atoms with Gasteiger partial charge in [0.15, 0.2) is 0 Å². The molecule has 21 heavy (non-hydrogen) atoms. The van der Waals surface area contributed by atoms with Crippen LogP contribution in [0.15, 0.2) is 12.2 Å². The lowest BCUT2D eigenvalue weighted by atomic mass is 10.0. The molecule has 6 nitrogen and oxygen atoms in total. The van der Waals surface area contributed by atoms with Crippen molar-refractivity contribution < 1.29 is 19.1 Å². The lowest BCUT2D eigenvalue weighted by Crippen LogP contribution is -2.50. The van der Waals surface area contributed by atoms with Gasteiger partial charge in [-0.25, -0.2) is 4.79 Å². The second-order valence-corrected chi connectivity index (χ2v) is 5.38. The molecule has 1 saturated heterocycles. The van der Waals surface area contributed by atoms with E-state index in [2.05, 4.69) is 10.1 Å². The first kappa shape index (κ1) is 17.2. The highest BCUT2D eigenvalue weighted by atomic mass is 16.5. The second-order valence-electron chi connectivity index (χ2n) is 5.38. The first-order chi connectivity index (χ1) is 9.97. The molecule has 1 unspecified atom stereocenters. The fraction of sp³-hybridized carbons (Fsp3) is 0.667. The molecule has 0 bridgehead atoms. The Bertz CT molecular complexity index is 418. The number of esters is 1. The van der Waals surface area contributed by atoms with Crippen molar-refractivity contribution in [3.63, 3.8) is 0 Å².